The molecular weight excluding hydrogens is 276 g/mol. The van der Waals surface area contributed by atoms with Crippen molar-refractivity contribution in [1.29, 1.82) is 5.26 Å². The van der Waals surface area contributed by atoms with Crippen molar-refractivity contribution in [2.45, 2.75) is 6.42 Å². The summed E-state index contributed by atoms with van der Waals surface area (Å²) < 4.78 is 1.87. The molecule has 22 heavy (non-hydrogen) atoms. The van der Waals surface area contributed by atoms with Crippen LogP contribution in [0.4, 0.5) is 5.82 Å². The molecule has 1 N–H and O–H groups in total. The Balaban J connectivity index is 1.86. The van der Waals surface area contributed by atoms with Crippen LogP contribution >= 0.6 is 0 Å². The van der Waals surface area contributed by atoms with Gasteiger partial charge >= 0.3 is 0 Å². The van der Waals surface area contributed by atoms with Crippen molar-refractivity contribution in [3.05, 3.63) is 54.0 Å². The zero-order valence-electron chi connectivity index (χ0n) is 11.7. The van der Waals surface area contributed by atoms with Crippen LogP contribution in [0.15, 0.2) is 42.9 Å². The molecule has 0 amide bonds. The Labute approximate surface area is 127 Å². The van der Waals surface area contributed by atoms with Crippen LogP contribution in [0.2, 0.25) is 0 Å². The van der Waals surface area contributed by atoms with Gasteiger partial charge in [0, 0.05) is 24.5 Å². The molecule has 1 aliphatic heterocycles. The monoisotopic (exact) mass is 288 g/mol. The molecule has 3 heterocycles. The molecule has 0 spiro atoms. The van der Waals surface area contributed by atoms with E-state index in [1.807, 2.05) is 16.8 Å². The Hall–Kier alpha value is -3.20. The maximum atomic E-state index is 8.91. The second kappa shape index (κ2) is 4.97. The average Bonchev–Trinajstić information content (AvgIpc) is 3.18. The summed E-state index contributed by atoms with van der Waals surface area (Å²) in [7, 11) is 0. The first-order chi connectivity index (χ1) is 10.9. The molecule has 0 atom stereocenters. The number of aromatic nitrogens is 4. The van der Waals surface area contributed by atoms with Crippen molar-refractivity contribution in [2.24, 2.45) is 0 Å². The van der Waals surface area contributed by atoms with Gasteiger partial charge in [0.15, 0.2) is 0 Å². The summed E-state index contributed by atoms with van der Waals surface area (Å²) in [6.45, 7) is 0.886. The van der Waals surface area contributed by atoms with E-state index in [0.29, 0.717) is 5.56 Å². The van der Waals surface area contributed by atoms with Gasteiger partial charge in [0.05, 0.1) is 23.5 Å². The van der Waals surface area contributed by atoms with Crippen molar-refractivity contribution in [3.8, 4) is 23.1 Å². The summed E-state index contributed by atoms with van der Waals surface area (Å²) in [5.74, 6) is 0.991. The first-order valence-corrected chi connectivity index (χ1v) is 6.99. The summed E-state index contributed by atoms with van der Waals surface area (Å²) in [4.78, 5) is 8.47. The van der Waals surface area contributed by atoms with Gasteiger partial charge in [-0.3, -0.25) is 9.97 Å². The van der Waals surface area contributed by atoms with Crippen molar-refractivity contribution in [3.63, 3.8) is 0 Å². The van der Waals surface area contributed by atoms with Crippen LogP contribution in [0.5, 0.6) is 0 Å². The lowest BCUT2D eigenvalue weighted by Gasteiger charge is -2.06. The third kappa shape index (κ3) is 1.91. The predicted molar refractivity (Wildman–Crippen MR) is 81.5 cm³/mol. The van der Waals surface area contributed by atoms with E-state index >= 15 is 0 Å². The number of nitrogens with zero attached hydrogens (tertiary/aromatic N) is 5. The first kappa shape index (κ1) is 12.5. The van der Waals surface area contributed by atoms with E-state index in [1.165, 1.54) is 0 Å². The number of rotatable bonds is 2. The minimum absolute atomic E-state index is 0.634. The van der Waals surface area contributed by atoms with Gasteiger partial charge < -0.3 is 5.32 Å². The minimum atomic E-state index is 0.634. The molecule has 0 saturated carbocycles. The van der Waals surface area contributed by atoms with Crippen molar-refractivity contribution >= 4 is 5.82 Å². The topological polar surface area (TPSA) is 79.4 Å². The Kier molecular flexibility index (Phi) is 2.83. The van der Waals surface area contributed by atoms with Crippen LogP contribution in [0.1, 0.15) is 11.1 Å². The van der Waals surface area contributed by atoms with Gasteiger partial charge in [0.1, 0.15) is 17.2 Å². The van der Waals surface area contributed by atoms with Crippen LogP contribution in [-0.2, 0) is 6.42 Å². The molecule has 0 unspecified atom stereocenters. The molecule has 6 nitrogen and oxygen atoms in total. The highest BCUT2D eigenvalue weighted by Crippen LogP contribution is 2.33. The fourth-order valence-electron chi connectivity index (χ4n) is 2.67. The standard InChI is InChI=1S/C16H12N6/c17-9-11-1-3-12(4-2-11)22-16-13(5-6-20-16)15(21-22)14-10-18-7-8-19-14/h1-4,7-8,10,20H,5-6H2. The molecule has 106 valence electrons. The molecule has 0 radical (unpaired) electrons. The maximum absolute atomic E-state index is 8.91. The molecule has 1 aromatic carbocycles. The predicted octanol–water partition coefficient (Wildman–Crippen LogP) is 2.17. The molecule has 4 rings (SSSR count). The summed E-state index contributed by atoms with van der Waals surface area (Å²) in [5.41, 5.74) is 4.34. The van der Waals surface area contributed by atoms with Crippen LogP contribution in [0.25, 0.3) is 17.1 Å². The van der Waals surface area contributed by atoms with Crippen molar-refractivity contribution in [1.82, 2.24) is 19.7 Å². The SMILES string of the molecule is N#Cc1ccc(-n2nc(-c3cnccn3)c3c2NCC3)cc1. The number of fused-ring (bicyclic) bond motifs is 1. The fourth-order valence-corrected chi connectivity index (χ4v) is 2.67. The smallest absolute Gasteiger partial charge is 0.133 e. The summed E-state index contributed by atoms with van der Waals surface area (Å²) >= 11 is 0. The minimum Gasteiger partial charge on any atom is -0.369 e. The van der Waals surface area contributed by atoms with Gasteiger partial charge in [-0.25, -0.2) is 4.68 Å². The number of anilines is 1. The average molecular weight is 288 g/mol. The molecule has 6 heteroatoms. The number of hydrogen-bond acceptors (Lipinski definition) is 5. The molecule has 0 bridgehead atoms. The largest absolute Gasteiger partial charge is 0.369 e. The van der Waals surface area contributed by atoms with Gasteiger partial charge in [-0.15, -0.1) is 0 Å². The Morgan fingerprint density at radius 2 is 2.05 bits per heavy atom. The molecule has 0 aliphatic carbocycles. The van der Waals surface area contributed by atoms with Crippen molar-refractivity contribution in [2.75, 3.05) is 11.9 Å². The normalized spacial score (nSPS) is 12.5. The highest BCUT2D eigenvalue weighted by Gasteiger charge is 2.24. The summed E-state index contributed by atoms with van der Waals surface area (Å²) in [6.07, 6.45) is 5.96. The summed E-state index contributed by atoms with van der Waals surface area (Å²) in [5, 5.41) is 17.0. The number of hydrogen-bond donors (Lipinski definition) is 1. The van der Waals surface area contributed by atoms with E-state index < -0.39 is 0 Å². The Morgan fingerprint density at radius 3 is 2.77 bits per heavy atom. The highest BCUT2D eigenvalue weighted by molar-refractivity contribution is 5.70. The molecule has 2 aromatic heterocycles. The molecule has 3 aromatic rings. The van der Waals surface area contributed by atoms with E-state index in [0.717, 1.165) is 41.4 Å². The summed E-state index contributed by atoms with van der Waals surface area (Å²) in [6, 6.07) is 9.50. The van der Waals surface area contributed by atoms with E-state index in [1.54, 1.807) is 30.7 Å². The molecule has 1 aliphatic rings. The van der Waals surface area contributed by atoms with Crippen LogP contribution in [0, 0.1) is 11.3 Å². The molecule has 0 fully saturated rings. The number of benzene rings is 1. The van der Waals surface area contributed by atoms with Gasteiger partial charge in [-0.05, 0) is 30.7 Å². The van der Waals surface area contributed by atoms with E-state index in [9.17, 15) is 0 Å². The number of nitrogens with one attached hydrogen (secondary N) is 1. The van der Waals surface area contributed by atoms with Crippen LogP contribution < -0.4 is 5.32 Å². The number of nitriles is 1. The first-order valence-electron chi connectivity index (χ1n) is 6.99. The Bertz CT molecular complexity index is 858. The van der Waals surface area contributed by atoms with E-state index in [-0.39, 0.29) is 0 Å². The highest BCUT2D eigenvalue weighted by atomic mass is 15.3. The van der Waals surface area contributed by atoms with E-state index in [4.69, 9.17) is 10.4 Å². The second-order valence-electron chi connectivity index (χ2n) is 5.01. The van der Waals surface area contributed by atoms with Crippen molar-refractivity contribution < 1.29 is 0 Å². The van der Waals surface area contributed by atoms with Gasteiger partial charge in [0.25, 0.3) is 0 Å². The Morgan fingerprint density at radius 1 is 1.18 bits per heavy atom. The van der Waals surface area contributed by atoms with Gasteiger partial charge in [-0.2, -0.15) is 10.4 Å². The quantitative estimate of drug-likeness (QED) is 0.781. The van der Waals surface area contributed by atoms with E-state index in [2.05, 4.69) is 21.4 Å². The van der Waals surface area contributed by atoms with Crippen LogP contribution in [-0.4, -0.2) is 26.3 Å². The lowest BCUT2D eigenvalue weighted by molar-refractivity contribution is 0.879. The lowest BCUT2D eigenvalue weighted by atomic mass is 10.1. The second-order valence-corrected chi connectivity index (χ2v) is 5.01. The zero-order valence-corrected chi connectivity index (χ0v) is 11.7. The molecular formula is C16H12N6. The third-order valence-electron chi connectivity index (χ3n) is 3.70. The van der Waals surface area contributed by atoms with Crippen LogP contribution in [0.3, 0.4) is 0 Å². The van der Waals surface area contributed by atoms with Gasteiger partial charge in [0.2, 0.25) is 0 Å². The van der Waals surface area contributed by atoms with Gasteiger partial charge in [-0.1, -0.05) is 0 Å². The maximum Gasteiger partial charge on any atom is 0.133 e. The fraction of sp³-hybridized carbons (Fsp3) is 0.125. The zero-order chi connectivity index (χ0) is 14.9. The lowest BCUT2D eigenvalue weighted by Crippen LogP contribution is -2.04. The molecule has 0 saturated heterocycles. The third-order valence-corrected chi connectivity index (χ3v) is 3.70.